The van der Waals surface area contributed by atoms with Crippen molar-refractivity contribution in [3.05, 3.63) is 103 Å². The smallest absolute Gasteiger partial charge is 0.119 e. The summed E-state index contributed by atoms with van der Waals surface area (Å²) in [7, 11) is 5.13. The lowest BCUT2D eigenvalue weighted by Crippen LogP contribution is -1.95. The summed E-state index contributed by atoms with van der Waals surface area (Å²) in [5.41, 5.74) is 9.79. The molecule has 0 saturated carbocycles. The molecule has 0 fully saturated rings. The van der Waals surface area contributed by atoms with Crippen LogP contribution in [0, 0.1) is 0 Å². The molecule has 0 amide bonds. The predicted octanol–water partition coefficient (Wildman–Crippen LogP) is 9.00. The largest absolute Gasteiger partial charge is 0.497 e. The maximum absolute atomic E-state index is 5.73. The zero-order valence-electron chi connectivity index (χ0n) is 21.5. The first kappa shape index (κ1) is 22.4. The second-order valence-electron chi connectivity index (χ2n) is 9.58. The van der Waals surface area contributed by atoms with E-state index in [4.69, 9.17) is 14.2 Å². The van der Waals surface area contributed by atoms with Crippen molar-refractivity contribution in [2.45, 2.75) is 0 Å². The van der Waals surface area contributed by atoms with Crippen molar-refractivity contribution in [2.24, 2.45) is 0 Å². The van der Waals surface area contributed by atoms with Gasteiger partial charge in [0.1, 0.15) is 17.2 Å². The Morgan fingerprint density at radius 1 is 0.421 bits per heavy atom. The average molecular weight is 495 g/mol. The normalized spacial score (nSPS) is 11.6. The molecule has 6 aromatic rings. The Balaban J connectivity index is 1.69. The molecule has 0 N–H and O–H groups in total. The maximum Gasteiger partial charge on any atom is 0.119 e. The highest BCUT2D eigenvalue weighted by molar-refractivity contribution is 6.27. The van der Waals surface area contributed by atoms with Gasteiger partial charge in [-0.2, -0.15) is 0 Å². The molecule has 3 nitrogen and oxygen atoms in total. The van der Waals surface area contributed by atoms with Crippen LogP contribution in [0.15, 0.2) is 103 Å². The van der Waals surface area contributed by atoms with Crippen LogP contribution in [0.4, 0.5) is 0 Å². The minimum Gasteiger partial charge on any atom is -0.497 e. The number of benzene rings is 6. The number of fused-ring (bicyclic) bond motifs is 4. The van der Waals surface area contributed by atoms with E-state index in [1.807, 2.05) is 24.3 Å². The Morgan fingerprint density at radius 3 is 1.39 bits per heavy atom. The summed E-state index contributed by atoms with van der Waals surface area (Å²) in [5.74, 6) is 2.52. The van der Waals surface area contributed by atoms with E-state index in [1.54, 1.807) is 21.3 Å². The SMILES string of the molecule is COc1ccc(-c2c3c(c(-c4ccc(OC)cc4)c4cc(OC)ccc24)-c2cccc4cccc-3c24)cc1. The van der Waals surface area contributed by atoms with E-state index in [2.05, 4.69) is 78.9 Å². The van der Waals surface area contributed by atoms with Crippen LogP contribution in [0.5, 0.6) is 17.2 Å². The van der Waals surface area contributed by atoms with Crippen molar-refractivity contribution >= 4 is 21.5 Å². The summed E-state index contributed by atoms with van der Waals surface area (Å²) < 4.78 is 16.7. The molecule has 3 heteroatoms. The highest BCUT2D eigenvalue weighted by atomic mass is 16.5. The van der Waals surface area contributed by atoms with E-state index >= 15 is 0 Å². The van der Waals surface area contributed by atoms with Gasteiger partial charge in [0.05, 0.1) is 21.3 Å². The quantitative estimate of drug-likeness (QED) is 0.239. The fraction of sp³-hybridized carbons (Fsp3) is 0.0857. The topological polar surface area (TPSA) is 27.7 Å². The van der Waals surface area contributed by atoms with Crippen LogP contribution in [0.25, 0.3) is 66.1 Å². The van der Waals surface area contributed by atoms with Gasteiger partial charge in [0.2, 0.25) is 0 Å². The number of ether oxygens (including phenoxy) is 3. The highest BCUT2D eigenvalue weighted by Crippen LogP contribution is 2.57. The number of rotatable bonds is 5. The fourth-order valence-electron chi connectivity index (χ4n) is 6.01. The van der Waals surface area contributed by atoms with Crippen LogP contribution in [0.2, 0.25) is 0 Å². The molecule has 1 aliphatic carbocycles. The van der Waals surface area contributed by atoms with Gasteiger partial charge in [-0.05, 0) is 102 Å². The summed E-state index contributed by atoms with van der Waals surface area (Å²) in [4.78, 5) is 0. The molecule has 0 heterocycles. The first-order chi connectivity index (χ1) is 18.7. The highest BCUT2D eigenvalue weighted by Gasteiger charge is 2.30. The van der Waals surface area contributed by atoms with Gasteiger partial charge in [-0.15, -0.1) is 0 Å². The average Bonchev–Trinajstić information content (AvgIpc) is 3.31. The summed E-state index contributed by atoms with van der Waals surface area (Å²) in [5, 5.41) is 4.89. The van der Waals surface area contributed by atoms with Gasteiger partial charge >= 0.3 is 0 Å². The molecule has 0 saturated heterocycles. The Bertz CT molecular complexity index is 1840. The third-order valence-corrected chi connectivity index (χ3v) is 7.72. The third kappa shape index (κ3) is 3.22. The molecule has 0 bridgehead atoms. The molecule has 1 aliphatic rings. The van der Waals surface area contributed by atoms with Gasteiger partial charge in [-0.1, -0.05) is 66.7 Å². The summed E-state index contributed by atoms with van der Waals surface area (Å²) in [6.45, 7) is 0. The Morgan fingerprint density at radius 2 is 0.895 bits per heavy atom. The molecule has 7 rings (SSSR count). The third-order valence-electron chi connectivity index (χ3n) is 7.72. The van der Waals surface area contributed by atoms with Crippen molar-refractivity contribution < 1.29 is 14.2 Å². The Hall–Kier alpha value is -4.76. The summed E-state index contributed by atoms with van der Waals surface area (Å²) >= 11 is 0. The van der Waals surface area contributed by atoms with Crippen molar-refractivity contribution in [1.29, 1.82) is 0 Å². The maximum atomic E-state index is 5.73. The van der Waals surface area contributed by atoms with Crippen molar-refractivity contribution in [2.75, 3.05) is 21.3 Å². The second kappa shape index (κ2) is 8.67. The van der Waals surface area contributed by atoms with E-state index in [1.165, 1.54) is 49.5 Å². The first-order valence-corrected chi connectivity index (χ1v) is 12.7. The van der Waals surface area contributed by atoms with E-state index in [0.717, 1.165) is 33.8 Å². The molecule has 0 aliphatic heterocycles. The zero-order chi connectivity index (χ0) is 25.8. The standard InChI is InChI=1S/C35H26O3/c1-36-24-14-10-22(11-15-24)32-27-19-18-26(38-3)20-30(27)33(23-12-16-25(37-2)17-13-23)35-29-9-5-7-21-6-4-8-28(31(21)29)34(32)35/h4-20H,1-3H3. The van der Waals surface area contributed by atoms with Gasteiger partial charge in [0, 0.05) is 0 Å². The first-order valence-electron chi connectivity index (χ1n) is 12.7. The zero-order valence-corrected chi connectivity index (χ0v) is 21.5. The van der Waals surface area contributed by atoms with Gasteiger partial charge in [-0.3, -0.25) is 0 Å². The molecule has 6 aromatic carbocycles. The van der Waals surface area contributed by atoms with E-state index in [9.17, 15) is 0 Å². The molecule has 0 unspecified atom stereocenters. The predicted molar refractivity (Wildman–Crippen MR) is 156 cm³/mol. The lowest BCUT2D eigenvalue weighted by Gasteiger charge is -2.21. The number of hydrogen-bond donors (Lipinski definition) is 0. The van der Waals surface area contributed by atoms with Crippen LogP contribution in [-0.2, 0) is 0 Å². The lowest BCUT2D eigenvalue weighted by molar-refractivity contribution is 0.414. The van der Waals surface area contributed by atoms with Gasteiger partial charge in [0.15, 0.2) is 0 Å². The fourth-order valence-corrected chi connectivity index (χ4v) is 6.01. The molecule has 0 aromatic heterocycles. The molecule has 38 heavy (non-hydrogen) atoms. The monoisotopic (exact) mass is 494 g/mol. The minimum atomic E-state index is 0.835. The second-order valence-corrected chi connectivity index (χ2v) is 9.58. The lowest BCUT2D eigenvalue weighted by atomic mass is 9.82. The van der Waals surface area contributed by atoms with Crippen LogP contribution in [0.3, 0.4) is 0 Å². The van der Waals surface area contributed by atoms with Crippen LogP contribution < -0.4 is 14.2 Å². The molecule has 0 atom stereocenters. The van der Waals surface area contributed by atoms with E-state index < -0.39 is 0 Å². The van der Waals surface area contributed by atoms with Gasteiger partial charge in [0.25, 0.3) is 0 Å². The van der Waals surface area contributed by atoms with Crippen molar-refractivity contribution in [1.82, 2.24) is 0 Å². The molecule has 0 radical (unpaired) electrons. The number of methoxy groups -OCH3 is 3. The van der Waals surface area contributed by atoms with Crippen molar-refractivity contribution in [3.8, 4) is 61.8 Å². The molecular formula is C35H26O3. The number of hydrogen-bond acceptors (Lipinski definition) is 3. The van der Waals surface area contributed by atoms with Crippen LogP contribution in [0.1, 0.15) is 0 Å². The van der Waals surface area contributed by atoms with E-state index in [-0.39, 0.29) is 0 Å². The van der Waals surface area contributed by atoms with E-state index in [0.29, 0.717) is 0 Å². The molecule has 0 spiro atoms. The summed E-state index contributed by atoms with van der Waals surface area (Å²) in [6.07, 6.45) is 0. The van der Waals surface area contributed by atoms with Crippen LogP contribution >= 0.6 is 0 Å². The van der Waals surface area contributed by atoms with Crippen LogP contribution in [-0.4, -0.2) is 21.3 Å². The van der Waals surface area contributed by atoms with Gasteiger partial charge < -0.3 is 14.2 Å². The molecular weight excluding hydrogens is 468 g/mol. The molecule has 184 valence electrons. The summed E-state index contributed by atoms with van der Waals surface area (Å²) in [6, 6.07) is 36.5. The van der Waals surface area contributed by atoms with Crippen molar-refractivity contribution in [3.63, 3.8) is 0 Å². The minimum absolute atomic E-state index is 0.835. The Labute approximate surface area is 221 Å². The van der Waals surface area contributed by atoms with Gasteiger partial charge in [-0.25, -0.2) is 0 Å². The Kier molecular flexibility index (Phi) is 5.12.